The molecular weight excluding hydrogens is 230 g/mol. The minimum Gasteiger partial charge on any atom is -0.368 e. The molecule has 1 unspecified atom stereocenters. The van der Waals surface area contributed by atoms with Gasteiger partial charge in [-0.15, -0.1) is 0 Å². The molecule has 1 saturated heterocycles. The van der Waals surface area contributed by atoms with E-state index in [0.29, 0.717) is 19.6 Å². The highest BCUT2D eigenvalue weighted by atomic mass is 32.2. The van der Waals surface area contributed by atoms with Crippen LogP contribution in [0.5, 0.6) is 0 Å². The van der Waals surface area contributed by atoms with Gasteiger partial charge in [-0.2, -0.15) is 4.31 Å². The molecule has 0 aromatic heterocycles. The maximum atomic E-state index is 12.0. The molecule has 92 valence electrons. The molecule has 0 aromatic carbocycles. The molecule has 7 heteroatoms. The van der Waals surface area contributed by atoms with E-state index in [0.717, 1.165) is 12.8 Å². The van der Waals surface area contributed by atoms with Gasteiger partial charge < -0.3 is 11.1 Å². The predicted molar refractivity (Wildman–Crippen MR) is 59.1 cm³/mol. The van der Waals surface area contributed by atoms with E-state index in [1.165, 1.54) is 4.31 Å². The summed E-state index contributed by atoms with van der Waals surface area (Å²) in [5.74, 6) is -0.128. The zero-order valence-electron chi connectivity index (χ0n) is 9.05. The smallest absolute Gasteiger partial charge is 0.237 e. The quantitative estimate of drug-likeness (QED) is 0.631. The van der Waals surface area contributed by atoms with E-state index in [1.807, 2.05) is 0 Å². The summed E-state index contributed by atoms with van der Waals surface area (Å²) in [7, 11) is -3.32. The summed E-state index contributed by atoms with van der Waals surface area (Å²) in [5, 5.41) is 2.98. The van der Waals surface area contributed by atoms with Gasteiger partial charge in [0.2, 0.25) is 15.9 Å². The lowest BCUT2D eigenvalue weighted by Gasteiger charge is -2.33. The number of nitrogens with zero attached hydrogens (tertiary/aromatic N) is 1. The minimum absolute atomic E-state index is 0.163. The molecule has 6 nitrogen and oxygen atoms in total. The fourth-order valence-corrected chi connectivity index (χ4v) is 4.00. The van der Waals surface area contributed by atoms with Crippen molar-refractivity contribution in [3.63, 3.8) is 0 Å². The number of piperazine rings is 1. The maximum absolute atomic E-state index is 12.0. The van der Waals surface area contributed by atoms with E-state index in [1.54, 1.807) is 0 Å². The summed E-state index contributed by atoms with van der Waals surface area (Å²) < 4.78 is 25.4. The zero-order valence-corrected chi connectivity index (χ0v) is 9.87. The first kappa shape index (κ1) is 11.8. The van der Waals surface area contributed by atoms with Crippen LogP contribution in [0.3, 0.4) is 0 Å². The van der Waals surface area contributed by atoms with E-state index in [-0.39, 0.29) is 11.7 Å². The van der Waals surface area contributed by atoms with Crippen LogP contribution in [0, 0.1) is 5.92 Å². The van der Waals surface area contributed by atoms with Crippen molar-refractivity contribution < 1.29 is 13.2 Å². The molecule has 1 saturated carbocycles. The summed E-state index contributed by atoms with van der Waals surface area (Å²) >= 11 is 0. The second-order valence-corrected chi connectivity index (χ2v) is 6.42. The fraction of sp³-hybridized carbons (Fsp3) is 0.889. The minimum atomic E-state index is -3.32. The first-order valence-electron chi connectivity index (χ1n) is 5.50. The molecule has 3 N–H and O–H groups in total. The number of carbonyl (C=O) groups is 1. The topological polar surface area (TPSA) is 92.5 Å². The molecule has 0 aromatic rings. The number of rotatable bonds is 4. The highest BCUT2D eigenvalue weighted by Crippen LogP contribution is 2.31. The van der Waals surface area contributed by atoms with E-state index in [4.69, 9.17) is 5.73 Å². The third kappa shape index (κ3) is 2.53. The van der Waals surface area contributed by atoms with Crippen molar-refractivity contribution in [3.8, 4) is 0 Å². The lowest BCUT2D eigenvalue weighted by Crippen LogP contribution is -2.59. The van der Waals surface area contributed by atoms with Crippen LogP contribution < -0.4 is 11.1 Å². The highest BCUT2D eigenvalue weighted by Gasteiger charge is 2.38. The van der Waals surface area contributed by atoms with Gasteiger partial charge in [-0.3, -0.25) is 4.79 Å². The molecule has 0 radical (unpaired) electrons. The number of nitrogens with two attached hydrogens (primary N) is 1. The molecule has 0 spiro atoms. The Morgan fingerprint density at radius 2 is 2.12 bits per heavy atom. The summed E-state index contributed by atoms with van der Waals surface area (Å²) in [6.07, 6.45) is 1.96. The lowest BCUT2D eigenvalue weighted by molar-refractivity contribution is -0.122. The largest absolute Gasteiger partial charge is 0.368 e. The van der Waals surface area contributed by atoms with Crippen molar-refractivity contribution in [2.75, 3.05) is 25.4 Å². The van der Waals surface area contributed by atoms with E-state index < -0.39 is 22.0 Å². The van der Waals surface area contributed by atoms with Crippen LogP contribution in [0.25, 0.3) is 0 Å². The number of primary amides is 1. The van der Waals surface area contributed by atoms with Crippen molar-refractivity contribution in [2.45, 2.75) is 18.9 Å². The van der Waals surface area contributed by atoms with Crippen molar-refractivity contribution in [2.24, 2.45) is 11.7 Å². The third-order valence-electron chi connectivity index (χ3n) is 3.02. The van der Waals surface area contributed by atoms with Gasteiger partial charge in [0, 0.05) is 19.6 Å². The Balaban J connectivity index is 2.11. The second kappa shape index (κ2) is 4.31. The Kier molecular flexibility index (Phi) is 3.18. The van der Waals surface area contributed by atoms with Crippen molar-refractivity contribution in [1.82, 2.24) is 9.62 Å². The lowest BCUT2D eigenvalue weighted by atomic mass is 10.2. The first-order valence-corrected chi connectivity index (χ1v) is 7.11. The standard InChI is InChI=1S/C9H17N3O3S/c10-9(13)8-5-11-3-4-12(8)16(14,15)6-7-1-2-7/h7-8,11H,1-6H2,(H2,10,13). The Hall–Kier alpha value is -0.660. The van der Waals surface area contributed by atoms with Crippen LogP contribution in [-0.2, 0) is 14.8 Å². The van der Waals surface area contributed by atoms with Gasteiger partial charge >= 0.3 is 0 Å². The molecule has 1 aliphatic carbocycles. The summed E-state index contributed by atoms with van der Waals surface area (Å²) in [6, 6.07) is -0.725. The number of hydrogen-bond donors (Lipinski definition) is 2. The monoisotopic (exact) mass is 247 g/mol. The van der Waals surface area contributed by atoms with Crippen LogP contribution in [0.1, 0.15) is 12.8 Å². The van der Waals surface area contributed by atoms with Crippen LogP contribution >= 0.6 is 0 Å². The molecule has 2 fully saturated rings. The molecule has 0 bridgehead atoms. The fourth-order valence-electron chi connectivity index (χ4n) is 1.94. The number of hydrogen-bond acceptors (Lipinski definition) is 4. The van der Waals surface area contributed by atoms with Gasteiger partial charge in [-0.05, 0) is 18.8 Å². The summed E-state index contributed by atoms with van der Waals surface area (Å²) in [5.41, 5.74) is 5.22. The molecule has 1 heterocycles. The average molecular weight is 247 g/mol. The van der Waals surface area contributed by atoms with Crippen molar-refractivity contribution >= 4 is 15.9 Å². The Bertz CT molecular complexity index is 377. The molecule has 1 aliphatic heterocycles. The molecule has 16 heavy (non-hydrogen) atoms. The highest BCUT2D eigenvalue weighted by molar-refractivity contribution is 7.89. The molecule has 2 aliphatic rings. The number of amides is 1. The Morgan fingerprint density at radius 1 is 1.44 bits per heavy atom. The average Bonchev–Trinajstić information content (AvgIpc) is 3.01. The summed E-state index contributed by atoms with van der Waals surface area (Å²) in [4.78, 5) is 11.2. The SMILES string of the molecule is NC(=O)C1CNCCN1S(=O)(=O)CC1CC1. The van der Waals surface area contributed by atoms with Gasteiger partial charge in [0.1, 0.15) is 6.04 Å². The van der Waals surface area contributed by atoms with Gasteiger partial charge in [-0.25, -0.2) is 8.42 Å². The van der Waals surface area contributed by atoms with Gasteiger partial charge in [0.25, 0.3) is 0 Å². The van der Waals surface area contributed by atoms with Crippen LogP contribution in [0.2, 0.25) is 0 Å². The van der Waals surface area contributed by atoms with Crippen LogP contribution in [-0.4, -0.2) is 50.1 Å². The predicted octanol–water partition coefficient (Wildman–Crippen LogP) is -1.51. The Morgan fingerprint density at radius 3 is 2.69 bits per heavy atom. The van der Waals surface area contributed by atoms with Crippen LogP contribution in [0.4, 0.5) is 0 Å². The zero-order chi connectivity index (χ0) is 11.8. The van der Waals surface area contributed by atoms with Crippen LogP contribution in [0.15, 0.2) is 0 Å². The van der Waals surface area contributed by atoms with E-state index in [9.17, 15) is 13.2 Å². The number of nitrogens with one attached hydrogen (secondary N) is 1. The normalized spacial score (nSPS) is 27.9. The van der Waals surface area contributed by atoms with Gasteiger partial charge in [-0.1, -0.05) is 0 Å². The van der Waals surface area contributed by atoms with Crippen molar-refractivity contribution in [1.29, 1.82) is 0 Å². The van der Waals surface area contributed by atoms with Crippen molar-refractivity contribution in [3.05, 3.63) is 0 Å². The molecular formula is C9H17N3O3S. The molecule has 2 rings (SSSR count). The van der Waals surface area contributed by atoms with E-state index in [2.05, 4.69) is 5.32 Å². The Labute approximate surface area is 95.2 Å². The molecule has 1 atom stereocenters. The maximum Gasteiger partial charge on any atom is 0.237 e. The number of sulfonamides is 1. The third-order valence-corrected chi connectivity index (χ3v) is 5.07. The first-order chi connectivity index (χ1) is 7.50. The second-order valence-electron chi connectivity index (χ2n) is 4.45. The van der Waals surface area contributed by atoms with Gasteiger partial charge in [0.05, 0.1) is 5.75 Å². The van der Waals surface area contributed by atoms with E-state index >= 15 is 0 Å². The molecule has 1 amide bonds. The van der Waals surface area contributed by atoms with Gasteiger partial charge in [0.15, 0.2) is 0 Å². The summed E-state index contributed by atoms with van der Waals surface area (Å²) in [6.45, 7) is 1.23. The number of carbonyl (C=O) groups excluding carboxylic acids is 1.